The molecule has 1 unspecified atom stereocenters. The van der Waals surface area contributed by atoms with Crippen molar-refractivity contribution in [2.45, 2.75) is 31.8 Å². The number of carbonyl (C=O) groups is 1. The second-order valence-corrected chi connectivity index (χ2v) is 4.78. The van der Waals surface area contributed by atoms with Crippen LogP contribution in [0.2, 0.25) is 0 Å². The van der Waals surface area contributed by atoms with E-state index in [1.54, 1.807) is 0 Å². The van der Waals surface area contributed by atoms with Crippen LogP contribution in [0, 0.1) is 11.8 Å². The van der Waals surface area contributed by atoms with Crippen LogP contribution in [-0.4, -0.2) is 36.8 Å². The maximum atomic E-state index is 11.7. The predicted molar refractivity (Wildman–Crippen MR) is 57.3 cm³/mol. The van der Waals surface area contributed by atoms with Crippen LogP contribution in [0.3, 0.4) is 0 Å². The lowest BCUT2D eigenvalue weighted by Gasteiger charge is -2.32. The van der Waals surface area contributed by atoms with Crippen molar-refractivity contribution >= 4 is 5.91 Å². The Bertz CT molecular complexity index is 221. The van der Waals surface area contributed by atoms with Crippen molar-refractivity contribution in [1.29, 1.82) is 0 Å². The zero-order valence-electron chi connectivity index (χ0n) is 9.04. The van der Waals surface area contributed by atoms with Gasteiger partial charge in [0, 0.05) is 13.1 Å². The molecule has 0 aromatic carbocycles. The van der Waals surface area contributed by atoms with E-state index >= 15 is 0 Å². The van der Waals surface area contributed by atoms with E-state index < -0.39 is 0 Å². The average Bonchev–Trinajstić information content (AvgIpc) is 2.23. The smallest absolute Gasteiger partial charge is 0.224 e. The Hall–Kier alpha value is -0.610. The van der Waals surface area contributed by atoms with Crippen LogP contribution in [0.4, 0.5) is 0 Å². The molecule has 4 nitrogen and oxygen atoms in total. The van der Waals surface area contributed by atoms with Gasteiger partial charge in [0.1, 0.15) is 0 Å². The molecule has 1 saturated carbocycles. The molecule has 0 aromatic heterocycles. The number of hydrogen-bond acceptors (Lipinski definition) is 3. The number of aliphatic hydroxyl groups excluding tert-OH is 1. The van der Waals surface area contributed by atoms with Crippen molar-refractivity contribution in [2.75, 3.05) is 19.6 Å². The highest BCUT2D eigenvalue weighted by Gasteiger charge is 2.28. The number of nitrogens with one attached hydrogen (secondary N) is 2. The van der Waals surface area contributed by atoms with E-state index in [-0.39, 0.29) is 17.9 Å². The van der Waals surface area contributed by atoms with Gasteiger partial charge in [-0.15, -0.1) is 0 Å². The molecule has 0 radical (unpaired) electrons. The standard InChI is InChI=1S/C11H20N2O2/c14-10-4-8(5-10)6-13-11(15)9-2-1-3-12-7-9/h8-10,12,14H,1-7H2,(H,13,15). The Balaban J connectivity index is 1.63. The lowest BCUT2D eigenvalue weighted by molar-refractivity contribution is -0.126. The van der Waals surface area contributed by atoms with Crippen LogP contribution in [0.25, 0.3) is 0 Å². The normalized spacial score (nSPS) is 35.7. The van der Waals surface area contributed by atoms with Crippen molar-refractivity contribution in [2.24, 2.45) is 11.8 Å². The third-order valence-corrected chi connectivity index (χ3v) is 3.44. The van der Waals surface area contributed by atoms with Gasteiger partial charge in [-0.05, 0) is 38.1 Å². The molecule has 2 aliphatic rings. The SMILES string of the molecule is O=C(NCC1CC(O)C1)C1CCCNC1. The quantitative estimate of drug-likeness (QED) is 0.611. The summed E-state index contributed by atoms with van der Waals surface area (Å²) in [6, 6.07) is 0. The number of amides is 1. The highest BCUT2D eigenvalue weighted by Crippen LogP contribution is 2.26. The monoisotopic (exact) mass is 212 g/mol. The lowest BCUT2D eigenvalue weighted by Crippen LogP contribution is -2.44. The van der Waals surface area contributed by atoms with Crippen LogP contribution in [0.5, 0.6) is 0 Å². The molecule has 4 heteroatoms. The van der Waals surface area contributed by atoms with Gasteiger partial charge in [0.2, 0.25) is 5.91 Å². The van der Waals surface area contributed by atoms with E-state index in [4.69, 9.17) is 5.11 Å². The Morgan fingerprint density at radius 2 is 2.27 bits per heavy atom. The minimum absolute atomic E-state index is 0.122. The first-order valence-electron chi connectivity index (χ1n) is 5.92. The van der Waals surface area contributed by atoms with Crippen LogP contribution in [0.15, 0.2) is 0 Å². The summed E-state index contributed by atoms with van der Waals surface area (Å²) in [4.78, 5) is 11.7. The van der Waals surface area contributed by atoms with Crippen LogP contribution in [-0.2, 0) is 4.79 Å². The fourth-order valence-electron chi connectivity index (χ4n) is 2.33. The fraction of sp³-hybridized carbons (Fsp3) is 0.909. The molecule has 86 valence electrons. The molecular formula is C11H20N2O2. The summed E-state index contributed by atoms with van der Waals surface area (Å²) in [5.41, 5.74) is 0. The molecule has 2 fully saturated rings. The molecule has 2 rings (SSSR count). The van der Waals surface area contributed by atoms with Gasteiger partial charge in [0.05, 0.1) is 12.0 Å². The van der Waals surface area contributed by atoms with E-state index in [2.05, 4.69) is 10.6 Å². The first-order valence-corrected chi connectivity index (χ1v) is 5.92. The van der Waals surface area contributed by atoms with Crippen molar-refractivity contribution < 1.29 is 9.90 Å². The second kappa shape index (κ2) is 4.94. The number of hydrogen-bond donors (Lipinski definition) is 3. The number of piperidine rings is 1. The Morgan fingerprint density at radius 1 is 1.47 bits per heavy atom. The molecule has 0 aromatic rings. The van der Waals surface area contributed by atoms with Gasteiger partial charge in [-0.25, -0.2) is 0 Å². The molecule has 0 spiro atoms. The predicted octanol–water partition coefficient (Wildman–Crippen LogP) is -0.127. The van der Waals surface area contributed by atoms with Gasteiger partial charge >= 0.3 is 0 Å². The first kappa shape index (κ1) is 10.9. The highest BCUT2D eigenvalue weighted by atomic mass is 16.3. The maximum Gasteiger partial charge on any atom is 0.224 e. The van der Waals surface area contributed by atoms with E-state index in [0.717, 1.165) is 45.3 Å². The van der Waals surface area contributed by atoms with Gasteiger partial charge in [-0.1, -0.05) is 0 Å². The van der Waals surface area contributed by atoms with E-state index in [1.165, 1.54) is 0 Å². The van der Waals surface area contributed by atoms with E-state index in [9.17, 15) is 4.79 Å². The minimum Gasteiger partial charge on any atom is -0.393 e. The summed E-state index contributed by atoms with van der Waals surface area (Å²) in [5, 5.41) is 15.3. The third-order valence-electron chi connectivity index (χ3n) is 3.44. The van der Waals surface area contributed by atoms with Gasteiger partial charge in [-0.3, -0.25) is 4.79 Å². The zero-order chi connectivity index (χ0) is 10.7. The molecule has 1 heterocycles. The van der Waals surface area contributed by atoms with Gasteiger partial charge in [-0.2, -0.15) is 0 Å². The van der Waals surface area contributed by atoms with Crippen LogP contribution < -0.4 is 10.6 Å². The van der Waals surface area contributed by atoms with E-state index in [0.29, 0.717) is 5.92 Å². The Labute approximate surface area is 90.4 Å². The minimum atomic E-state index is -0.122. The molecule has 15 heavy (non-hydrogen) atoms. The van der Waals surface area contributed by atoms with Crippen LogP contribution in [0.1, 0.15) is 25.7 Å². The molecule has 1 aliphatic heterocycles. The summed E-state index contributed by atoms with van der Waals surface area (Å²) in [6.45, 7) is 2.60. The summed E-state index contributed by atoms with van der Waals surface area (Å²) in [6.07, 6.45) is 3.68. The summed E-state index contributed by atoms with van der Waals surface area (Å²) in [5.74, 6) is 0.841. The van der Waals surface area contributed by atoms with Crippen molar-refractivity contribution in [1.82, 2.24) is 10.6 Å². The fourth-order valence-corrected chi connectivity index (χ4v) is 2.33. The molecular weight excluding hydrogens is 192 g/mol. The van der Waals surface area contributed by atoms with Gasteiger partial charge in [0.25, 0.3) is 0 Å². The summed E-state index contributed by atoms with van der Waals surface area (Å²) >= 11 is 0. The molecule has 1 atom stereocenters. The first-order chi connectivity index (χ1) is 7.25. The Kier molecular flexibility index (Phi) is 3.59. The van der Waals surface area contributed by atoms with Crippen molar-refractivity contribution in [3.8, 4) is 0 Å². The molecule has 3 N–H and O–H groups in total. The highest BCUT2D eigenvalue weighted by molar-refractivity contribution is 5.78. The third kappa shape index (κ3) is 2.92. The summed E-state index contributed by atoms with van der Waals surface area (Å²) in [7, 11) is 0. The Morgan fingerprint density at radius 3 is 2.87 bits per heavy atom. The molecule has 1 aliphatic carbocycles. The van der Waals surface area contributed by atoms with Gasteiger partial charge in [0.15, 0.2) is 0 Å². The molecule has 1 saturated heterocycles. The lowest BCUT2D eigenvalue weighted by atomic mass is 9.82. The van der Waals surface area contributed by atoms with Crippen LogP contribution >= 0.6 is 0 Å². The number of carbonyl (C=O) groups excluding carboxylic acids is 1. The largest absolute Gasteiger partial charge is 0.393 e. The molecule has 0 bridgehead atoms. The van der Waals surface area contributed by atoms with Gasteiger partial charge < -0.3 is 15.7 Å². The zero-order valence-corrected chi connectivity index (χ0v) is 9.04. The molecule has 1 amide bonds. The van der Waals surface area contributed by atoms with E-state index in [1.807, 2.05) is 0 Å². The number of aliphatic hydroxyl groups is 1. The average molecular weight is 212 g/mol. The van der Waals surface area contributed by atoms with Crippen molar-refractivity contribution in [3.63, 3.8) is 0 Å². The van der Waals surface area contributed by atoms with Crippen molar-refractivity contribution in [3.05, 3.63) is 0 Å². The summed E-state index contributed by atoms with van der Waals surface area (Å²) < 4.78 is 0. The topological polar surface area (TPSA) is 61.4 Å². The maximum absolute atomic E-state index is 11.7. The number of rotatable bonds is 3. The second-order valence-electron chi connectivity index (χ2n) is 4.78.